The summed E-state index contributed by atoms with van der Waals surface area (Å²) in [5.74, 6) is 6.47. The van der Waals surface area contributed by atoms with Gasteiger partial charge in [-0.25, -0.2) is 25.6 Å². The molecule has 0 saturated heterocycles. The van der Waals surface area contributed by atoms with Crippen molar-refractivity contribution in [3.05, 3.63) is 24.3 Å². The number of rotatable bonds is 3. The SMILES string of the molecule is C[C@@H](c1nc(N)nn1-c1ncccn1)N(N)C(=O)OC(C)(C)C. The average Bonchev–Trinajstić information content (AvgIpc) is 2.87. The molecular weight excluding hydrogens is 300 g/mol. The molecule has 0 aliphatic carbocycles. The lowest BCUT2D eigenvalue weighted by atomic mass is 10.2. The Kier molecular flexibility index (Phi) is 4.45. The van der Waals surface area contributed by atoms with Crippen molar-refractivity contribution in [2.45, 2.75) is 39.3 Å². The van der Waals surface area contributed by atoms with Crippen LogP contribution < -0.4 is 11.6 Å². The van der Waals surface area contributed by atoms with Crippen molar-refractivity contribution in [2.75, 3.05) is 5.73 Å². The fraction of sp³-hybridized carbons (Fsp3) is 0.462. The third kappa shape index (κ3) is 3.92. The molecule has 0 aliphatic rings. The number of nitrogen functional groups attached to an aromatic ring is 1. The van der Waals surface area contributed by atoms with Gasteiger partial charge in [-0.05, 0) is 33.8 Å². The Labute approximate surface area is 133 Å². The third-order valence-electron chi connectivity index (χ3n) is 2.79. The Balaban J connectivity index is 2.30. The van der Waals surface area contributed by atoms with Gasteiger partial charge in [0.05, 0.1) is 0 Å². The van der Waals surface area contributed by atoms with E-state index >= 15 is 0 Å². The number of hydrogen-bond donors (Lipinski definition) is 2. The first kappa shape index (κ1) is 16.6. The van der Waals surface area contributed by atoms with Gasteiger partial charge in [-0.1, -0.05) is 0 Å². The molecular formula is C13H20N8O2. The van der Waals surface area contributed by atoms with Gasteiger partial charge in [0.1, 0.15) is 11.6 Å². The number of ether oxygens (including phenoxy) is 1. The van der Waals surface area contributed by atoms with E-state index in [9.17, 15) is 4.79 Å². The first-order valence-electron chi connectivity index (χ1n) is 6.96. The molecule has 0 bridgehead atoms. The number of carbonyl (C=O) groups excluding carboxylic acids is 1. The number of aromatic nitrogens is 5. The standard InChI is InChI=1S/C13H20N8O2/c1-8(20(15)12(22)23-13(2,3)4)9-18-10(14)19-21(9)11-16-6-5-7-17-11/h5-8H,15H2,1-4H3,(H2,14,19)/t8-/m0/s1. The molecule has 2 aromatic rings. The Bertz CT molecular complexity index is 679. The van der Waals surface area contributed by atoms with Gasteiger partial charge < -0.3 is 10.5 Å². The lowest BCUT2D eigenvalue weighted by Crippen LogP contribution is -2.43. The van der Waals surface area contributed by atoms with Gasteiger partial charge in [-0.2, -0.15) is 9.67 Å². The van der Waals surface area contributed by atoms with Crippen molar-refractivity contribution >= 4 is 12.0 Å². The van der Waals surface area contributed by atoms with E-state index in [0.29, 0.717) is 5.82 Å². The lowest BCUT2D eigenvalue weighted by Gasteiger charge is -2.27. The molecule has 2 heterocycles. The minimum absolute atomic E-state index is 0.0249. The minimum atomic E-state index is -0.688. The maximum Gasteiger partial charge on any atom is 0.425 e. The van der Waals surface area contributed by atoms with E-state index in [1.807, 2.05) is 0 Å². The third-order valence-corrected chi connectivity index (χ3v) is 2.79. The highest BCUT2D eigenvalue weighted by Crippen LogP contribution is 2.20. The minimum Gasteiger partial charge on any atom is -0.443 e. The molecule has 124 valence electrons. The Morgan fingerprint density at radius 1 is 1.35 bits per heavy atom. The van der Waals surface area contributed by atoms with Crippen molar-refractivity contribution in [3.63, 3.8) is 0 Å². The molecule has 10 nitrogen and oxygen atoms in total. The van der Waals surface area contributed by atoms with Crippen LogP contribution in [-0.4, -0.2) is 41.4 Å². The first-order chi connectivity index (χ1) is 10.7. The Hall–Kier alpha value is -2.75. The molecule has 0 aromatic carbocycles. The van der Waals surface area contributed by atoms with Crippen LogP contribution >= 0.6 is 0 Å². The second kappa shape index (κ2) is 6.16. The quantitative estimate of drug-likeness (QED) is 0.481. The molecule has 2 rings (SSSR count). The van der Waals surface area contributed by atoms with E-state index in [1.165, 1.54) is 4.68 Å². The van der Waals surface area contributed by atoms with Crippen molar-refractivity contribution in [3.8, 4) is 5.95 Å². The van der Waals surface area contributed by atoms with Gasteiger partial charge in [0.15, 0.2) is 5.82 Å². The number of nitrogens with zero attached hydrogens (tertiary/aromatic N) is 6. The number of hydrazine groups is 1. The fourth-order valence-electron chi connectivity index (χ4n) is 1.76. The monoisotopic (exact) mass is 320 g/mol. The van der Waals surface area contributed by atoms with Crippen LogP contribution in [-0.2, 0) is 4.74 Å². The predicted octanol–water partition coefficient (Wildman–Crippen LogP) is 0.811. The summed E-state index contributed by atoms with van der Waals surface area (Å²) in [7, 11) is 0. The fourth-order valence-corrected chi connectivity index (χ4v) is 1.76. The van der Waals surface area contributed by atoms with Gasteiger partial charge in [0.25, 0.3) is 5.95 Å². The van der Waals surface area contributed by atoms with Crippen LogP contribution in [0.5, 0.6) is 0 Å². The molecule has 0 saturated carbocycles. The molecule has 0 unspecified atom stereocenters. The van der Waals surface area contributed by atoms with E-state index < -0.39 is 17.7 Å². The van der Waals surface area contributed by atoms with Crippen LogP contribution in [0, 0.1) is 0 Å². The van der Waals surface area contributed by atoms with Gasteiger partial charge in [-0.15, -0.1) is 5.10 Å². The Morgan fingerprint density at radius 3 is 2.52 bits per heavy atom. The smallest absolute Gasteiger partial charge is 0.425 e. The number of amides is 1. The Morgan fingerprint density at radius 2 is 1.96 bits per heavy atom. The highest BCUT2D eigenvalue weighted by atomic mass is 16.6. The molecule has 1 atom stereocenters. The summed E-state index contributed by atoms with van der Waals surface area (Å²) in [4.78, 5) is 24.4. The highest BCUT2D eigenvalue weighted by Gasteiger charge is 2.28. The van der Waals surface area contributed by atoms with E-state index in [4.69, 9.17) is 16.3 Å². The predicted molar refractivity (Wildman–Crippen MR) is 82.0 cm³/mol. The van der Waals surface area contributed by atoms with Crippen LogP contribution in [0.2, 0.25) is 0 Å². The molecule has 0 radical (unpaired) electrons. The summed E-state index contributed by atoms with van der Waals surface area (Å²) < 4.78 is 6.57. The number of anilines is 1. The average molecular weight is 320 g/mol. The number of nitrogens with two attached hydrogens (primary N) is 2. The zero-order valence-corrected chi connectivity index (χ0v) is 13.5. The second-order valence-corrected chi connectivity index (χ2v) is 5.85. The van der Waals surface area contributed by atoms with E-state index in [2.05, 4.69) is 20.1 Å². The molecule has 0 aliphatic heterocycles. The van der Waals surface area contributed by atoms with E-state index in [0.717, 1.165) is 5.01 Å². The van der Waals surface area contributed by atoms with Crippen LogP contribution in [0.4, 0.5) is 10.7 Å². The van der Waals surface area contributed by atoms with E-state index in [-0.39, 0.29) is 11.9 Å². The lowest BCUT2D eigenvalue weighted by molar-refractivity contribution is 0.0161. The molecule has 2 aromatic heterocycles. The second-order valence-electron chi connectivity index (χ2n) is 5.85. The largest absolute Gasteiger partial charge is 0.443 e. The normalized spacial score (nSPS) is 12.7. The van der Waals surface area contributed by atoms with Crippen LogP contribution in [0.25, 0.3) is 5.95 Å². The van der Waals surface area contributed by atoms with Crippen LogP contribution in [0.15, 0.2) is 18.5 Å². The van der Waals surface area contributed by atoms with Gasteiger partial charge in [0, 0.05) is 12.4 Å². The zero-order chi connectivity index (χ0) is 17.2. The number of hydrogen-bond acceptors (Lipinski definition) is 8. The summed E-state index contributed by atoms with van der Waals surface area (Å²) in [5.41, 5.74) is 5.00. The van der Waals surface area contributed by atoms with Crippen LogP contribution in [0.1, 0.15) is 39.6 Å². The maximum atomic E-state index is 12.1. The van der Waals surface area contributed by atoms with Gasteiger partial charge in [0.2, 0.25) is 5.95 Å². The summed E-state index contributed by atoms with van der Waals surface area (Å²) in [6.45, 7) is 6.93. The molecule has 4 N–H and O–H groups in total. The number of carbonyl (C=O) groups is 1. The first-order valence-corrected chi connectivity index (χ1v) is 6.96. The van der Waals surface area contributed by atoms with Gasteiger partial charge in [-0.3, -0.25) is 0 Å². The van der Waals surface area contributed by atoms with Crippen molar-refractivity contribution in [2.24, 2.45) is 5.84 Å². The summed E-state index contributed by atoms with van der Waals surface area (Å²) in [6, 6.07) is 1.02. The summed E-state index contributed by atoms with van der Waals surface area (Å²) in [5, 5.41) is 4.97. The maximum absolute atomic E-state index is 12.1. The van der Waals surface area contributed by atoms with Crippen molar-refractivity contribution < 1.29 is 9.53 Å². The van der Waals surface area contributed by atoms with Gasteiger partial charge >= 0.3 is 6.09 Å². The molecule has 10 heteroatoms. The van der Waals surface area contributed by atoms with Crippen LogP contribution in [0.3, 0.4) is 0 Å². The molecule has 0 spiro atoms. The molecule has 23 heavy (non-hydrogen) atoms. The van der Waals surface area contributed by atoms with Crippen molar-refractivity contribution in [1.82, 2.24) is 29.7 Å². The highest BCUT2D eigenvalue weighted by molar-refractivity contribution is 5.67. The zero-order valence-electron chi connectivity index (χ0n) is 13.5. The summed E-state index contributed by atoms with van der Waals surface area (Å²) in [6.07, 6.45) is 2.43. The summed E-state index contributed by atoms with van der Waals surface area (Å²) >= 11 is 0. The topological polar surface area (TPSA) is 138 Å². The van der Waals surface area contributed by atoms with E-state index in [1.54, 1.807) is 46.2 Å². The molecule has 0 fully saturated rings. The molecule has 1 amide bonds. The van der Waals surface area contributed by atoms with Crippen molar-refractivity contribution in [1.29, 1.82) is 0 Å².